The Kier molecular flexibility index (Phi) is 2.02. The summed E-state index contributed by atoms with van der Waals surface area (Å²) in [6.07, 6.45) is 1.81. The monoisotopic (exact) mass is 242 g/mol. The van der Waals surface area contributed by atoms with E-state index in [9.17, 15) is 0 Å². The number of aromatic nitrogens is 2. The molecule has 0 bridgehead atoms. The lowest BCUT2D eigenvalue weighted by Crippen LogP contribution is -1.90. The summed E-state index contributed by atoms with van der Waals surface area (Å²) in [6, 6.07) is 4.10. The highest BCUT2D eigenvalue weighted by atomic mass is 79.9. The first-order valence-corrected chi connectivity index (χ1v) is 5.17. The Morgan fingerprint density at radius 1 is 1.58 bits per heavy atom. The van der Waals surface area contributed by atoms with E-state index in [1.54, 1.807) is 11.3 Å². The Bertz CT molecular complexity index is 378. The van der Waals surface area contributed by atoms with Gasteiger partial charge in [0.05, 0.1) is 11.1 Å². The molecule has 0 saturated heterocycles. The Balaban J connectivity index is 2.55. The molecule has 2 rings (SSSR count). The Labute approximate surface area is 83.0 Å². The zero-order chi connectivity index (χ0) is 8.55. The lowest BCUT2D eigenvalue weighted by atomic mass is 10.4. The first-order chi connectivity index (χ1) is 5.79. The maximum Gasteiger partial charge on any atom is 0.150 e. The van der Waals surface area contributed by atoms with E-state index in [0.717, 1.165) is 10.4 Å². The van der Waals surface area contributed by atoms with Crippen molar-refractivity contribution in [2.75, 3.05) is 0 Å². The van der Waals surface area contributed by atoms with Crippen molar-refractivity contribution in [3.63, 3.8) is 0 Å². The van der Waals surface area contributed by atoms with Crippen molar-refractivity contribution in [3.05, 3.63) is 28.3 Å². The first kappa shape index (κ1) is 8.01. The second-order valence-corrected chi connectivity index (χ2v) is 4.20. The minimum Gasteiger partial charge on any atom is -0.321 e. The fourth-order valence-electron chi connectivity index (χ4n) is 1.02. The van der Waals surface area contributed by atoms with E-state index in [1.807, 2.05) is 23.9 Å². The number of hydrogen-bond donors (Lipinski definition) is 0. The number of halogens is 1. The molecule has 2 aromatic heterocycles. The lowest BCUT2D eigenvalue weighted by Gasteiger charge is -1.97. The van der Waals surface area contributed by atoms with Crippen molar-refractivity contribution in [1.29, 1.82) is 0 Å². The molecule has 0 fully saturated rings. The summed E-state index contributed by atoms with van der Waals surface area (Å²) in [5.74, 6) is 1.01. The Morgan fingerprint density at radius 2 is 2.42 bits per heavy atom. The average molecular weight is 243 g/mol. The van der Waals surface area contributed by atoms with Gasteiger partial charge in [-0.15, -0.1) is 11.3 Å². The highest BCUT2D eigenvalue weighted by Crippen LogP contribution is 2.25. The van der Waals surface area contributed by atoms with Crippen molar-refractivity contribution in [3.8, 4) is 10.7 Å². The summed E-state index contributed by atoms with van der Waals surface area (Å²) in [5, 5.41) is 2.05. The zero-order valence-corrected chi connectivity index (χ0v) is 8.89. The predicted octanol–water partition coefficient (Wildman–Crippen LogP) is 2.91. The fourth-order valence-corrected chi connectivity index (χ4v) is 2.05. The van der Waals surface area contributed by atoms with Crippen molar-refractivity contribution in [2.24, 2.45) is 7.05 Å². The standard InChI is InChI=1S/C8H7BrN2S/c1-11-7(9)5-10-8(11)6-3-2-4-12-6/h2-5H,1H3. The topological polar surface area (TPSA) is 17.8 Å². The molecule has 0 aromatic carbocycles. The molecule has 0 aliphatic rings. The van der Waals surface area contributed by atoms with Crippen molar-refractivity contribution >= 4 is 27.3 Å². The molecule has 2 nitrogen and oxygen atoms in total. The number of hydrogen-bond acceptors (Lipinski definition) is 2. The molecular formula is C8H7BrN2S. The van der Waals surface area contributed by atoms with Gasteiger partial charge < -0.3 is 4.57 Å². The number of thiophene rings is 1. The van der Waals surface area contributed by atoms with E-state index in [1.165, 1.54) is 4.88 Å². The second-order valence-electron chi connectivity index (χ2n) is 2.44. The summed E-state index contributed by atoms with van der Waals surface area (Å²) in [4.78, 5) is 5.48. The molecule has 12 heavy (non-hydrogen) atoms. The van der Waals surface area contributed by atoms with Crippen LogP contribution in [0.2, 0.25) is 0 Å². The third-order valence-corrected chi connectivity index (χ3v) is 3.28. The number of rotatable bonds is 1. The number of nitrogens with zero attached hydrogens (tertiary/aromatic N) is 2. The molecule has 0 aliphatic heterocycles. The van der Waals surface area contributed by atoms with Crippen LogP contribution in [0.5, 0.6) is 0 Å². The van der Waals surface area contributed by atoms with Crippen LogP contribution in [0.15, 0.2) is 28.3 Å². The fraction of sp³-hybridized carbons (Fsp3) is 0.125. The lowest BCUT2D eigenvalue weighted by molar-refractivity contribution is 0.904. The predicted molar refractivity (Wildman–Crippen MR) is 54.2 cm³/mol. The summed E-state index contributed by atoms with van der Waals surface area (Å²) in [6.45, 7) is 0. The molecule has 0 unspecified atom stereocenters. The molecule has 0 atom stereocenters. The van der Waals surface area contributed by atoms with Gasteiger partial charge in [0, 0.05) is 7.05 Å². The summed E-state index contributed by atoms with van der Waals surface area (Å²) in [7, 11) is 1.99. The highest BCUT2D eigenvalue weighted by molar-refractivity contribution is 9.10. The van der Waals surface area contributed by atoms with Gasteiger partial charge in [-0.05, 0) is 27.4 Å². The van der Waals surface area contributed by atoms with Gasteiger partial charge in [0.1, 0.15) is 4.60 Å². The van der Waals surface area contributed by atoms with E-state index in [0.29, 0.717) is 0 Å². The minimum atomic E-state index is 1.01. The number of imidazole rings is 1. The van der Waals surface area contributed by atoms with Crippen LogP contribution in [0, 0.1) is 0 Å². The molecule has 62 valence electrons. The molecule has 0 saturated carbocycles. The second kappa shape index (κ2) is 3.03. The molecule has 0 spiro atoms. The maximum atomic E-state index is 4.28. The van der Waals surface area contributed by atoms with Crippen LogP contribution in [-0.2, 0) is 7.05 Å². The maximum absolute atomic E-state index is 4.28. The minimum absolute atomic E-state index is 1.01. The quantitative estimate of drug-likeness (QED) is 0.752. The smallest absolute Gasteiger partial charge is 0.150 e. The van der Waals surface area contributed by atoms with Gasteiger partial charge in [-0.2, -0.15) is 0 Å². The summed E-state index contributed by atoms with van der Waals surface area (Å²) < 4.78 is 3.03. The van der Waals surface area contributed by atoms with E-state index >= 15 is 0 Å². The molecule has 0 amide bonds. The van der Waals surface area contributed by atoms with Crippen LogP contribution in [0.3, 0.4) is 0 Å². The van der Waals surface area contributed by atoms with Crippen LogP contribution in [-0.4, -0.2) is 9.55 Å². The van der Waals surface area contributed by atoms with Gasteiger partial charge in [-0.25, -0.2) is 4.98 Å². The van der Waals surface area contributed by atoms with Crippen LogP contribution in [0.1, 0.15) is 0 Å². The van der Waals surface area contributed by atoms with Gasteiger partial charge in [0.15, 0.2) is 5.82 Å². The first-order valence-electron chi connectivity index (χ1n) is 3.50. The Morgan fingerprint density at radius 3 is 2.92 bits per heavy atom. The van der Waals surface area contributed by atoms with Gasteiger partial charge in [-0.1, -0.05) is 6.07 Å². The van der Waals surface area contributed by atoms with E-state index in [-0.39, 0.29) is 0 Å². The molecule has 2 aromatic rings. The molecule has 2 heterocycles. The SMILES string of the molecule is Cn1c(Br)cnc1-c1cccs1. The Hall–Kier alpha value is -0.610. The highest BCUT2D eigenvalue weighted by Gasteiger charge is 2.06. The third-order valence-electron chi connectivity index (χ3n) is 1.67. The largest absolute Gasteiger partial charge is 0.321 e. The van der Waals surface area contributed by atoms with Gasteiger partial charge in [-0.3, -0.25) is 0 Å². The molecule has 4 heteroatoms. The van der Waals surface area contributed by atoms with E-state index in [2.05, 4.69) is 32.4 Å². The average Bonchev–Trinajstić information content (AvgIpc) is 2.64. The van der Waals surface area contributed by atoms with Crippen LogP contribution in [0.25, 0.3) is 10.7 Å². The zero-order valence-electron chi connectivity index (χ0n) is 6.49. The van der Waals surface area contributed by atoms with Crippen LogP contribution < -0.4 is 0 Å². The van der Waals surface area contributed by atoms with Crippen LogP contribution >= 0.6 is 27.3 Å². The van der Waals surface area contributed by atoms with Gasteiger partial charge in [0.25, 0.3) is 0 Å². The normalized spacial score (nSPS) is 10.5. The van der Waals surface area contributed by atoms with Gasteiger partial charge >= 0.3 is 0 Å². The van der Waals surface area contributed by atoms with E-state index < -0.39 is 0 Å². The van der Waals surface area contributed by atoms with Crippen molar-refractivity contribution in [1.82, 2.24) is 9.55 Å². The van der Waals surface area contributed by atoms with Gasteiger partial charge in [0.2, 0.25) is 0 Å². The molecular weight excluding hydrogens is 236 g/mol. The molecule has 0 N–H and O–H groups in total. The molecule has 0 aliphatic carbocycles. The summed E-state index contributed by atoms with van der Waals surface area (Å²) >= 11 is 5.11. The third kappa shape index (κ3) is 1.21. The summed E-state index contributed by atoms with van der Waals surface area (Å²) in [5.41, 5.74) is 0. The van der Waals surface area contributed by atoms with Crippen LogP contribution in [0.4, 0.5) is 0 Å². The molecule has 0 radical (unpaired) electrons. The van der Waals surface area contributed by atoms with Crippen molar-refractivity contribution in [2.45, 2.75) is 0 Å². The van der Waals surface area contributed by atoms with E-state index in [4.69, 9.17) is 0 Å². The van der Waals surface area contributed by atoms with Crippen molar-refractivity contribution < 1.29 is 0 Å².